The third kappa shape index (κ3) is 7.61. The van der Waals surface area contributed by atoms with E-state index in [9.17, 15) is 8.42 Å². The average Bonchev–Trinajstić information content (AvgIpc) is 2.76. The monoisotopic (exact) mass is 480 g/mol. The number of benzene rings is 3. The van der Waals surface area contributed by atoms with E-state index in [0.29, 0.717) is 13.2 Å². The molecule has 0 bridgehead atoms. The van der Waals surface area contributed by atoms with Crippen LogP contribution in [0.5, 0.6) is 0 Å². The van der Waals surface area contributed by atoms with Gasteiger partial charge in [-0.15, -0.1) is 0 Å². The van der Waals surface area contributed by atoms with Gasteiger partial charge in [0.15, 0.2) is 0 Å². The van der Waals surface area contributed by atoms with Gasteiger partial charge in [0.2, 0.25) is 0 Å². The van der Waals surface area contributed by atoms with Crippen LogP contribution in [-0.4, -0.2) is 27.7 Å². The SMILES string of the molecule is O=S(=O)(OC(COCc1ccccc1)COCc1ccccc1)c1cc(Cl)ccc1Cl. The van der Waals surface area contributed by atoms with Gasteiger partial charge in [-0.2, -0.15) is 8.42 Å². The van der Waals surface area contributed by atoms with Gasteiger partial charge in [0.05, 0.1) is 31.5 Å². The lowest BCUT2D eigenvalue weighted by atomic mass is 10.2. The van der Waals surface area contributed by atoms with Crippen molar-refractivity contribution in [3.8, 4) is 0 Å². The molecule has 0 aliphatic rings. The molecule has 0 unspecified atom stereocenters. The van der Waals surface area contributed by atoms with E-state index in [1.807, 2.05) is 60.7 Å². The van der Waals surface area contributed by atoms with Gasteiger partial charge in [-0.1, -0.05) is 83.9 Å². The molecule has 0 heterocycles. The number of rotatable bonds is 11. The van der Waals surface area contributed by atoms with Gasteiger partial charge >= 0.3 is 0 Å². The maximum atomic E-state index is 12.8. The average molecular weight is 481 g/mol. The molecule has 0 spiro atoms. The van der Waals surface area contributed by atoms with E-state index < -0.39 is 16.2 Å². The molecule has 164 valence electrons. The Morgan fingerprint density at radius 2 is 1.26 bits per heavy atom. The third-order valence-corrected chi connectivity index (χ3v) is 6.33. The number of ether oxygens (including phenoxy) is 2. The van der Waals surface area contributed by atoms with Gasteiger partial charge in [-0.05, 0) is 29.3 Å². The van der Waals surface area contributed by atoms with Gasteiger partial charge in [-0.3, -0.25) is 4.18 Å². The van der Waals surface area contributed by atoms with Crippen molar-refractivity contribution in [3.05, 3.63) is 100 Å². The largest absolute Gasteiger partial charge is 0.374 e. The van der Waals surface area contributed by atoms with Crippen LogP contribution >= 0.6 is 23.2 Å². The van der Waals surface area contributed by atoms with E-state index in [2.05, 4.69) is 0 Å². The zero-order valence-corrected chi connectivity index (χ0v) is 18.9. The summed E-state index contributed by atoms with van der Waals surface area (Å²) in [5, 5.41) is 0.266. The molecule has 0 atom stereocenters. The molecular formula is C23H22Cl2O5S. The van der Waals surface area contributed by atoms with Crippen LogP contribution in [0.25, 0.3) is 0 Å². The van der Waals surface area contributed by atoms with Gasteiger partial charge in [0, 0.05) is 5.02 Å². The van der Waals surface area contributed by atoms with Crippen LogP contribution in [0.1, 0.15) is 11.1 Å². The fraction of sp³-hybridized carbons (Fsp3) is 0.217. The Hall–Kier alpha value is -1.93. The summed E-state index contributed by atoms with van der Waals surface area (Å²) in [6.07, 6.45) is -0.868. The zero-order chi connectivity index (χ0) is 22.1. The normalized spacial score (nSPS) is 11.7. The number of halogens is 2. The first-order chi connectivity index (χ1) is 14.9. The lowest BCUT2D eigenvalue weighted by Crippen LogP contribution is -2.29. The molecule has 5 nitrogen and oxygen atoms in total. The standard InChI is InChI=1S/C23H22Cl2O5S/c24-20-11-12-22(25)23(13-20)31(26,27)30-21(16-28-14-18-7-3-1-4-8-18)17-29-15-19-9-5-2-6-10-19/h1-13,21H,14-17H2. The second-order valence-electron chi connectivity index (χ2n) is 6.75. The number of hydrogen-bond acceptors (Lipinski definition) is 5. The molecule has 0 amide bonds. The van der Waals surface area contributed by atoms with E-state index >= 15 is 0 Å². The summed E-state index contributed by atoms with van der Waals surface area (Å²) in [5.41, 5.74) is 1.93. The van der Waals surface area contributed by atoms with Crippen molar-refractivity contribution < 1.29 is 22.1 Å². The van der Waals surface area contributed by atoms with Crippen LogP contribution in [0.15, 0.2) is 83.8 Å². The van der Waals surface area contributed by atoms with Gasteiger partial charge in [0.1, 0.15) is 11.0 Å². The van der Waals surface area contributed by atoms with Gasteiger partial charge < -0.3 is 9.47 Å². The summed E-state index contributed by atoms with van der Waals surface area (Å²) < 4.78 is 42.4. The molecule has 31 heavy (non-hydrogen) atoms. The first-order valence-corrected chi connectivity index (χ1v) is 11.7. The van der Waals surface area contributed by atoms with Gasteiger partial charge in [0.25, 0.3) is 10.1 Å². The second kappa shape index (κ2) is 11.6. The van der Waals surface area contributed by atoms with Crippen LogP contribution in [0.3, 0.4) is 0 Å². The van der Waals surface area contributed by atoms with Crippen LogP contribution in [-0.2, 0) is 37.0 Å². The summed E-state index contributed by atoms with van der Waals surface area (Å²) in [4.78, 5) is -0.196. The Morgan fingerprint density at radius 3 is 1.77 bits per heavy atom. The Morgan fingerprint density at radius 1 is 0.742 bits per heavy atom. The molecule has 0 aliphatic heterocycles. The third-order valence-electron chi connectivity index (χ3n) is 4.26. The minimum Gasteiger partial charge on any atom is -0.374 e. The lowest BCUT2D eigenvalue weighted by Gasteiger charge is -2.19. The van der Waals surface area contributed by atoms with Crippen molar-refractivity contribution in [2.75, 3.05) is 13.2 Å². The van der Waals surface area contributed by atoms with Crippen molar-refractivity contribution in [2.45, 2.75) is 24.2 Å². The molecule has 0 saturated carbocycles. The highest BCUT2D eigenvalue weighted by Gasteiger charge is 2.25. The quantitative estimate of drug-likeness (QED) is 0.339. The zero-order valence-electron chi connectivity index (χ0n) is 16.6. The van der Waals surface area contributed by atoms with Crippen LogP contribution in [0.4, 0.5) is 0 Å². The molecule has 3 aromatic carbocycles. The molecular weight excluding hydrogens is 459 g/mol. The predicted octanol–water partition coefficient (Wildman–Crippen LogP) is 5.50. The molecule has 0 saturated heterocycles. The van der Waals surface area contributed by atoms with E-state index in [-0.39, 0.29) is 28.2 Å². The smallest absolute Gasteiger partial charge is 0.298 e. The van der Waals surface area contributed by atoms with E-state index in [4.69, 9.17) is 36.9 Å². The lowest BCUT2D eigenvalue weighted by molar-refractivity contribution is -0.0130. The summed E-state index contributed by atoms with van der Waals surface area (Å²) in [7, 11) is -4.18. The van der Waals surface area contributed by atoms with Crippen molar-refractivity contribution in [2.24, 2.45) is 0 Å². The van der Waals surface area contributed by atoms with Crippen molar-refractivity contribution in [1.29, 1.82) is 0 Å². The summed E-state index contributed by atoms with van der Waals surface area (Å²) in [5.74, 6) is 0. The highest BCUT2D eigenvalue weighted by molar-refractivity contribution is 7.87. The molecule has 0 fully saturated rings. The fourth-order valence-corrected chi connectivity index (χ4v) is 4.56. The van der Waals surface area contributed by atoms with Crippen molar-refractivity contribution in [3.63, 3.8) is 0 Å². The van der Waals surface area contributed by atoms with Crippen LogP contribution in [0.2, 0.25) is 10.0 Å². The van der Waals surface area contributed by atoms with Crippen LogP contribution < -0.4 is 0 Å². The first kappa shape index (κ1) is 23.7. The Labute approximate surface area is 192 Å². The molecule has 0 aromatic heterocycles. The maximum Gasteiger partial charge on any atom is 0.298 e. The molecule has 0 aliphatic carbocycles. The van der Waals surface area contributed by atoms with E-state index in [0.717, 1.165) is 11.1 Å². The van der Waals surface area contributed by atoms with Crippen molar-refractivity contribution in [1.82, 2.24) is 0 Å². The molecule has 3 aromatic rings. The fourth-order valence-electron chi connectivity index (χ4n) is 2.77. The Bertz CT molecular complexity index is 1010. The first-order valence-electron chi connectivity index (χ1n) is 9.56. The molecule has 3 rings (SSSR count). The summed E-state index contributed by atoms with van der Waals surface area (Å²) >= 11 is 12.0. The maximum absolute atomic E-state index is 12.8. The minimum absolute atomic E-state index is 0.0150. The highest BCUT2D eigenvalue weighted by atomic mass is 35.5. The predicted molar refractivity (Wildman–Crippen MR) is 121 cm³/mol. The topological polar surface area (TPSA) is 61.8 Å². The number of hydrogen-bond donors (Lipinski definition) is 0. The van der Waals surface area contributed by atoms with Crippen molar-refractivity contribution >= 4 is 33.3 Å². The van der Waals surface area contributed by atoms with E-state index in [1.165, 1.54) is 18.2 Å². The Balaban J connectivity index is 1.66. The highest BCUT2D eigenvalue weighted by Crippen LogP contribution is 2.27. The van der Waals surface area contributed by atoms with Gasteiger partial charge in [-0.25, -0.2) is 0 Å². The Kier molecular flexibility index (Phi) is 8.90. The summed E-state index contributed by atoms with van der Waals surface area (Å²) in [6.45, 7) is 0.664. The molecule has 8 heteroatoms. The summed E-state index contributed by atoms with van der Waals surface area (Å²) in [6, 6.07) is 23.3. The van der Waals surface area contributed by atoms with Crippen LogP contribution in [0, 0.1) is 0 Å². The molecule has 0 radical (unpaired) electrons. The minimum atomic E-state index is -4.18. The second-order valence-corrected chi connectivity index (χ2v) is 9.13. The van der Waals surface area contributed by atoms with E-state index in [1.54, 1.807) is 0 Å². The molecule has 0 N–H and O–H groups in total.